The molecule has 0 bridgehead atoms. The van der Waals surface area contributed by atoms with Crippen molar-refractivity contribution in [1.82, 2.24) is 15.0 Å². The Labute approximate surface area is 158 Å². The van der Waals surface area contributed by atoms with Gasteiger partial charge in [0.05, 0.1) is 16.9 Å². The first-order valence-electron chi connectivity index (χ1n) is 9.12. The Morgan fingerprint density at radius 1 is 1.07 bits per heavy atom. The van der Waals surface area contributed by atoms with E-state index in [0.717, 1.165) is 28.6 Å². The largest absolute Gasteiger partial charge is 0.346 e. The van der Waals surface area contributed by atoms with Gasteiger partial charge in [0.2, 0.25) is 0 Å². The first-order valence-corrected chi connectivity index (χ1v) is 9.12. The van der Waals surface area contributed by atoms with Crippen LogP contribution in [0.15, 0.2) is 77.3 Å². The quantitative estimate of drug-likeness (QED) is 0.845. The molecule has 2 aromatic heterocycles. The Hall–Kier alpha value is -3.27. The normalized spacial score (nSPS) is 19.3. The molecule has 0 amide bonds. The van der Waals surface area contributed by atoms with E-state index in [1.807, 2.05) is 30.4 Å². The lowest BCUT2D eigenvalue weighted by Gasteiger charge is -2.10. The SMILES string of the molecule is CC1=CC=C(c2nc(=O)[nH]c3c(C4=CC=CC(C)C=C4)nccc23)C=CC1. The highest BCUT2D eigenvalue weighted by Crippen LogP contribution is 2.29. The van der Waals surface area contributed by atoms with Crippen LogP contribution in [0.4, 0.5) is 0 Å². The van der Waals surface area contributed by atoms with E-state index in [4.69, 9.17) is 0 Å². The number of nitrogens with one attached hydrogen (secondary N) is 1. The van der Waals surface area contributed by atoms with Crippen LogP contribution in [0.1, 0.15) is 31.7 Å². The van der Waals surface area contributed by atoms with Gasteiger partial charge < -0.3 is 4.98 Å². The fourth-order valence-corrected chi connectivity index (χ4v) is 3.27. The van der Waals surface area contributed by atoms with Gasteiger partial charge >= 0.3 is 5.69 Å². The van der Waals surface area contributed by atoms with Crippen molar-refractivity contribution >= 4 is 22.0 Å². The van der Waals surface area contributed by atoms with Crippen molar-refractivity contribution in [3.8, 4) is 0 Å². The Balaban J connectivity index is 1.95. The van der Waals surface area contributed by atoms with E-state index in [1.165, 1.54) is 5.57 Å². The highest BCUT2D eigenvalue weighted by Gasteiger charge is 2.14. The minimum Gasteiger partial charge on any atom is -0.303 e. The van der Waals surface area contributed by atoms with Gasteiger partial charge in [-0.25, -0.2) is 4.79 Å². The van der Waals surface area contributed by atoms with Crippen molar-refractivity contribution in [2.24, 2.45) is 5.92 Å². The van der Waals surface area contributed by atoms with Crippen molar-refractivity contribution in [3.63, 3.8) is 0 Å². The van der Waals surface area contributed by atoms with Gasteiger partial charge in [0.25, 0.3) is 0 Å². The highest BCUT2D eigenvalue weighted by atomic mass is 16.1. The predicted molar refractivity (Wildman–Crippen MR) is 111 cm³/mol. The lowest BCUT2D eigenvalue weighted by atomic mass is 10.0. The number of aromatic amines is 1. The molecule has 0 aliphatic heterocycles. The van der Waals surface area contributed by atoms with E-state index in [9.17, 15) is 4.79 Å². The van der Waals surface area contributed by atoms with Crippen molar-refractivity contribution < 1.29 is 0 Å². The number of fused-ring (bicyclic) bond motifs is 1. The van der Waals surface area contributed by atoms with E-state index in [2.05, 4.69) is 59.2 Å². The fourth-order valence-electron chi connectivity index (χ4n) is 3.27. The van der Waals surface area contributed by atoms with Gasteiger partial charge in [0, 0.05) is 22.7 Å². The summed E-state index contributed by atoms with van der Waals surface area (Å²) in [6.07, 6.45) is 21.3. The highest BCUT2D eigenvalue weighted by molar-refractivity contribution is 5.98. The number of rotatable bonds is 2. The average Bonchev–Trinajstić information content (AvgIpc) is 3.00. The molecule has 0 saturated carbocycles. The third-order valence-electron chi connectivity index (χ3n) is 4.75. The lowest BCUT2D eigenvalue weighted by molar-refractivity contribution is 0.943. The standard InChI is InChI=1S/C23H21N3O/c1-15-5-3-7-17(11-9-15)20-19-13-14-24-21(22(19)26-23(27)25-20)18-8-4-6-16(2)10-12-18/h3-4,6-14,16H,5H2,1-2H3,(H,25,26,27). The summed E-state index contributed by atoms with van der Waals surface area (Å²) in [6.45, 7) is 4.22. The molecule has 0 fully saturated rings. The van der Waals surface area contributed by atoms with Crippen LogP contribution in [0.25, 0.3) is 22.0 Å². The second-order valence-electron chi connectivity index (χ2n) is 6.94. The Kier molecular flexibility index (Phi) is 4.55. The molecule has 0 spiro atoms. The molecule has 4 rings (SSSR count). The number of hydrogen-bond acceptors (Lipinski definition) is 3. The van der Waals surface area contributed by atoms with E-state index in [-0.39, 0.29) is 5.69 Å². The van der Waals surface area contributed by atoms with Crippen molar-refractivity contribution in [3.05, 3.63) is 94.4 Å². The maximum Gasteiger partial charge on any atom is 0.346 e. The summed E-state index contributed by atoms with van der Waals surface area (Å²) in [5, 5.41) is 0.888. The third-order valence-corrected chi connectivity index (χ3v) is 4.75. The molecule has 0 aromatic carbocycles. The van der Waals surface area contributed by atoms with Gasteiger partial charge in [-0.1, -0.05) is 67.2 Å². The van der Waals surface area contributed by atoms with E-state index < -0.39 is 0 Å². The number of allylic oxidation sites excluding steroid dienone is 12. The zero-order valence-corrected chi connectivity index (χ0v) is 15.4. The number of H-pyrrole nitrogens is 1. The molecule has 1 atom stereocenters. The molecular weight excluding hydrogens is 334 g/mol. The summed E-state index contributed by atoms with van der Waals surface area (Å²) < 4.78 is 0. The topological polar surface area (TPSA) is 58.6 Å². The summed E-state index contributed by atoms with van der Waals surface area (Å²) in [5.41, 5.74) is 4.95. The smallest absolute Gasteiger partial charge is 0.303 e. The number of pyridine rings is 1. The zero-order chi connectivity index (χ0) is 18.8. The van der Waals surface area contributed by atoms with Gasteiger partial charge in [-0.15, -0.1) is 0 Å². The Morgan fingerprint density at radius 2 is 1.93 bits per heavy atom. The Bertz CT molecular complexity index is 1140. The summed E-state index contributed by atoms with van der Waals surface area (Å²) >= 11 is 0. The van der Waals surface area contributed by atoms with Crippen LogP contribution in [0.2, 0.25) is 0 Å². The molecule has 2 aromatic rings. The van der Waals surface area contributed by atoms with Gasteiger partial charge in [0.1, 0.15) is 0 Å². The molecular formula is C23H21N3O. The molecule has 1 N–H and O–H groups in total. The van der Waals surface area contributed by atoms with E-state index >= 15 is 0 Å². The molecule has 2 aliphatic rings. The summed E-state index contributed by atoms with van der Waals surface area (Å²) in [6, 6.07) is 1.91. The Morgan fingerprint density at radius 3 is 2.81 bits per heavy atom. The van der Waals surface area contributed by atoms with Crippen molar-refractivity contribution in [1.29, 1.82) is 0 Å². The van der Waals surface area contributed by atoms with Crippen LogP contribution in [0.5, 0.6) is 0 Å². The molecule has 4 nitrogen and oxygen atoms in total. The first-order chi connectivity index (χ1) is 13.1. The number of aromatic nitrogens is 3. The third kappa shape index (κ3) is 3.51. The predicted octanol–water partition coefficient (Wildman–Crippen LogP) is 4.75. The van der Waals surface area contributed by atoms with Crippen molar-refractivity contribution in [2.45, 2.75) is 20.3 Å². The molecule has 134 valence electrons. The van der Waals surface area contributed by atoms with Gasteiger partial charge in [-0.3, -0.25) is 4.98 Å². The second-order valence-corrected chi connectivity index (χ2v) is 6.94. The summed E-state index contributed by atoms with van der Waals surface area (Å²) in [5.74, 6) is 0.362. The van der Waals surface area contributed by atoms with Crippen LogP contribution >= 0.6 is 0 Å². The molecule has 0 saturated heterocycles. The maximum absolute atomic E-state index is 12.3. The molecule has 0 radical (unpaired) electrons. The number of nitrogens with zero attached hydrogens (tertiary/aromatic N) is 2. The zero-order valence-electron chi connectivity index (χ0n) is 15.4. The second kappa shape index (κ2) is 7.16. The molecule has 27 heavy (non-hydrogen) atoms. The molecule has 4 heteroatoms. The maximum atomic E-state index is 12.3. The van der Waals surface area contributed by atoms with Gasteiger partial charge in [0.15, 0.2) is 0 Å². The van der Waals surface area contributed by atoms with Gasteiger partial charge in [-0.2, -0.15) is 4.98 Å². The fraction of sp³-hybridized carbons (Fsp3) is 0.174. The van der Waals surface area contributed by atoms with Crippen LogP contribution in [0, 0.1) is 5.92 Å². The van der Waals surface area contributed by atoms with Crippen LogP contribution in [0.3, 0.4) is 0 Å². The first kappa shape index (κ1) is 17.2. The minimum absolute atomic E-state index is 0.362. The van der Waals surface area contributed by atoms with Crippen LogP contribution in [-0.4, -0.2) is 15.0 Å². The summed E-state index contributed by atoms with van der Waals surface area (Å²) in [4.78, 5) is 24.1. The van der Waals surface area contributed by atoms with E-state index in [0.29, 0.717) is 17.1 Å². The lowest BCUT2D eigenvalue weighted by Crippen LogP contribution is -2.14. The molecule has 2 aliphatic carbocycles. The summed E-state index contributed by atoms with van der Waals surface area (Å²) in [7, 11) is 0. The van der Waals surface area contributed by atoms with Crippen molar-refractivity contribution in [2.75, 3.05) is 0 Å². The van der Waals surface area contributed by atoms with E-state index in [1.54, 1.807) is 6.20 Å². The average molecular weight is 355 g/mol. The van der Waals surface area contributed by atoms with Gasteiger partial charge in [-0.05, 0) is 25.3 Å². The minimum atomic E-state index is -0.367. The van der Waals surface area contributed by atoms with Crippen LogP contribution < -0.4 is 5.69 Å². The molecule has 1 unspecified atom stereocenters. The monoisotopic (exact) mass is 355 g/mol. The number of hydrogen-bond donors (Lipinski definition) is 1. The molecule has 2 heterocycles. The van der Waals surface area contributed by atoms with Crippen LogP contribution in [-0.2, 0) is 0 Å².